The van der Waals surface area contributed by atoms with E-state index in [4.69, 9.17) is 9.47 Å². The Morgan fingerprint density at radius 3 is 2.57 bits per heavy atom. The zero-order chi connectivity index (χ0) is 25.4. The van der Waals surface area contributed by atoms with Crippen LogP contribution in [0.15, 0.2) is 72.9 Å². The number of aryl methyl sites for hydroxylation is 2. The minimum absolute atomic E-state index is 0.0187. The molecule has 0 N–H and O–H groups in total. The molecule has 3 heterocycles. The van der Waals surface area contributed by atoms with Gasteiger partial charge < -0.3 is 18.9 Å². The number of carbonyl (C=O) groups excluding carboxylic acids is 1. The molecule has 6 heteroatoms. The molecule has 0 bridgehead atoms. The van der Waals surface area contributed by atoms with Crippen LogP contribution < -0.4 is 9.47 Å². The zero-order valence-electron chi connectivity index (χ0n) is 21.5. The Bertz CT molecular complexity index is 1430. The number of benzene rings is 3. The molecule has 0 radical (unpaired) electrons. The van der Waals surface area contributed by atoms with Crippen molar-refractivity contribution in [1.29, 1.82) is 0 Å². The second kappa shape index (κ2) is 9.94. The summed E-state index contributed by atoms with van der Waals surface area (Å²) in [4.78, 5) is 18.1. The van der Waals surface area contributed by atoms with Crippen molar-refractivity contribution in [3.63, 3.8) is 0 Å². The Labute approximate surface area is 218 Å². The summed E-state index contributed by atoms with van der Waals surface area (Å²) in [6.45, 7) is 6.49. The third-order valence-corrected chi connectivity index (χ3v) is 7.69. The van der Waals surface area contributed by atoms with E-state index < -0.39 is 0 Å². The Morgan fingerprint density at radius 1 is 0.919 bits per heavy atom. The molecule has 4 aromatic rings. The predicted molar refractivity (Wildman–Crippen MR) is 145 cm³/mol. The van der Waals surface area contributed by atoms with Crippen LogP contribution in [0.1, 0.15) is 34.6 Å². The quantitative estimate of drug-likeness (QED) is 0.374. The highest BCUT2D eigenvalue weighted by Gasteiger charge is 2.27. The van der Waals surface area contributed by atoms with Crippen molar-refractivity contribution in [3.8, 4) is 11.5 Å². The first-order valence-corrected chi connectivity index (χ1v) is 13.0. The van der Waals surface area contributed by atoms with Crippen molar-refractivity contribution < 1.29 is 14.3 Å². The summed E-state index contributed by atoms with van der Waals surface area (Å²) in [5.74, 6) is 1.88. The van der Waals surface area contributed by atoms with E-state index in [0.29, 0.717) is 13.2 Å². The monoisotopic (exact) mass is 495 g/mol. The number of carbonyl (C=O) groups is 1. The third kappa shape index (κ3) is 4.81. The molecule has 2 aliphatic heterocycles. The molecule has 1 unspecified atom stereocenters. The lowest BCUT2D eigenvalue weighted by Gasteiger charge is -2.35. The molecular formula is C31H33N3O3. The highest BCUT2D eigenvalue weighted by atomic mass is 16.7. The van der Waals surface area contributed by atoms with Crippen molar-refractivity contribution in [2.24, 2.45) is 7.05 Å². The maximum atomic E-state index is 13.6. The first-order chi connectivity index (χ1) is 18.0. The van der Waals surface area contributed by atoms with Crippen molar-refractivity contribution in [1.82, 2.24) is 14.4 Å². The van der Waals surface area contributed by atoms with Crippen LogP contribution >= 0.6 is 0 Å². The van der Waals surface area contributed by atoms with Crippen LogP contribution in [0.3, 0.4) is 0 Å². The molecule has 0 aliphatic carbocycles. The number of ether oxygens (including phenoxy) is 2. The summed E-state index contributed by atoms with van der Waals surface area (Å²) in [6.07, 6.45) is 2.67. The average Bonchev–Trinajstić information content (AvgIpc) is 3.52. The number of nitrogens with zero attached hydrogens (tertiary/aromatic N) is 3. The van der Waals surface area contributed by atoms with Crippen LogP contribution in [0.5, 0.6) is 11.5 Å². The summed E-state index contributed by atoms with van der Waals surface area (Å²) in [5.41, 5.74) is 6.04. The lowest BCUT2D eigenvalue weighted by molar-refractivity contribution is -0.133. The molecular weight excluding hydrogens is 462 g/mol. The highest BCUT2D eigenvalue weighted by molar-refractivity contribution is 5.86. The van der Waals surface area contributed by atoms with Crippen LogP contribution in [0, 0.1) is 6.92 Å². The maximum Gasteiger partial charge on any atom is 0.231 e. The average molecular weight is 496 g/mol. The molecule has 1 fully saturated rings. The van der Waals surface area contributed by atoms with Crippen molar-refractivity contribution in [3.05, 3.63) is 95.2 Å². The van der Waals surface area contributed by atoms with E-state index in [1.165, 1.54) is 33.2 Å². The zero-order valence-corrected chi connectivity index (χ0v) is 21.5. The van der Waals surface area contributed by atoms with Gasteiger partial charge in [0.05, 0.1) is 0 Å². The van der Waals surface area contributed by atoms with E-state index in [0.717, 1.165) is 44.2 Å². The number of para-hydroxylation sites is 1. The molecule has 1 amide bonds. The van der Waals surface area contributed by atoms with Crippen molar-refractivity contribution in [2.75, 3.05) is 33.0 Å². The fraction of sp³-hybridized carbons (Fsp3) is 0.323. The fourth-order valence-corrected chi connectivity index (χ4v) is 5.70. The molecule has 6 rings (SSSR count). The summed E-state index contributed by atoms with van der Waals surface area (Å²) < 4.78 is 13.1. The second-order valence-corrected chi connectivity index (χ2v) is 10.2. The number of aromatic nitrogens is 1. The summed E-state index contributed by atoms with van der Waals surface area (Å²) in [6, 6.07) is 23.2. The molecule has 37 heavy (non-hydrogen) atoms. The first-order valence-electron chi connectivity index (χ1n) is 13.0. The number of rotatable bonds is 6. The third-order valence-electron chi connectivity index (χ3n) is 7.69. The van der Waals surface area contributed by atoms with Gasteiger partial charge in [-0.3, -0.25) is 9.69 Å². The molecule has 2 aliphatic rings. The Hall–Kier alpha value is -3.77. The maximum absolute atomic E-state index is 13.6. The largest absolute Gasteiger partial charge is 0.454 e. The van der Waals surface area contributed by atoms with Gasteiger partial charge in [0.1, 0.15) is 0 Å². The normalized spacial score (nSPS) is 16.3. The second-order valence-electron chi connectivity index (χ2n) is 10.2. The van der Waals surface area contributed by atoms with Crippen LogP contribution in [-0.2, 0) is 18.4 Å². The summed E-state index contributed by atoms with van der Waals surface area (Å²) >= 11 is 0. The summed E-state index contributed by atoms with van der Waals surface area (Å²) in [7, 11) is 2.08. The number of fused-ring (bicyclic) bond motifs is 2. The number of hydrogen-bond acceptors (Lipinski definition) is 4. The Kier molecular flexibility index (Phi) is 6.35. The van der Waals surface area contributed by atoms with Gasteiger partial charge >= 0.3 is 0 Å². The first kappa shape index (κ1) is 23.6. The van der Waals surface area contributed by atoms with Gasteiger partial charge in [0, 0.05) is 69.2 Å². The van der Waals surface area contributed by atoms with E-state index in [-0.39, 0.29) is 11.8 Å². The van der Waals surface area contributed by atoms with Gasteiger partial charge in [-0.1, -0.05) is 54.1 Å². The summed E-state index contributed by atoms with van der Waals surface area (Å²) in [5, 5.41) is 1.22. The van der Waals surface area contributed by atoms with E-state index >= 15 is 0 Å². The molecule has 0 saturated carbocycles. The topological polar surface area (TPSA) is 46.9 Å². The van der Waals surface area contributed by atoms with Gasteiger partial charge in [-0.25, -0.2) is 0 Å². The van der Waals surface area contributed by atoms with Gasteiger partial charge in [-0.05, 0) is 41.8 Å². The molecule has 190 valence electrons. The smallest absolute Gasteiger partial charge is 0.231 e. The molecule has 1 saturated heterocycles. The minimum atomic E-state index is 0.0187. The van der Waals surface area contributed by atoms with E-state index in [1.54, 1.807) is 0 Å². The SMILES string of the molecule is Cc1cccc(C(CC(=O)N2CCN(Cc3ccc4c(c3)OCO4)CC2)c2cn(C)c3ccccc23)c1. The highest BCUT2D eigenvalue weighted by Crippen LogP contribution is 2.36. The fourth-order valence-electron chi connectivity index (χ4n) is 5.70. The standard InChI is InChI=1S/C31H33N3O3/c1-22-6-5-7-24(16-22)26(27-20-32(2)28-9-4-3-8-25(27)28)18-31(35)34-14-12-33(13-15-34)19-23-10-11-29-30(17-23)37-21-36-29/h3-11,16-17,20,26H,12-15,18-19,21H2,1-2H3. The van der Waals surface area contributed by atoms with E-state index in [1.807, 2.05) is 11.0 Å². The van der Waals surface area contributed by atoms with Gasteiger partial charge in [0.2, 0.25) is 12.7 Å². The van der Waals surface area contributed by atoms with Crippen molar-refractivity contribution in [2.45, 2.75) is 25.8 Å². The van der Waals surface area contributed by atoms with Crippen LogP contribution in [0.25, 0.3) is 10.9 Å². The number of piperazine rings is 1. The number of amides is 1. The van der Waals surface area contributed by atoms with Gasteiger partial charge in [-0.15, -0.1) is 0 Å². The predicted octanol–water partition coefficient (Wildman–Crippen LogP) is 5.08. The van der Waals surface area contributed by atoms with E-state index in [9.17, 15) is 4.79 Å². The molecule has 6 nitrogen and oxygen atoms in total. The van der Waals surface area contributed by atoms with Crippen LogP contribution in [0.4, 0.5) is 0 Å². The van der Waals surface area contributed by atoms with Crippen LogP contribution in [0.2, 0.25) is 0 Å². The molecule has 1 aromatic heterocycles. The Balaban J connectivity index is 1.17. The Morgan fingerprint density at radius 2 is 1.73 bits per heavy atom. The lowest BCUT2D eigenvalue weighted by atomic mass is 9.87. The molecule has 1 atom stereocenters. The van der Waals surface area contributed by atoms with Gasteiger partial charge in [-0.2, -0.15) is 0 Å². The molecule has 3 aromatic carbocycles. The van der Waals surface area contributed by atoms with Crippen molar-refractivity contribution >= 4 is 16.8 Å². The minimum Gasteiger partial charge on any atom is -0.454 e. The van der Waals surface area contributed by atoms with Gasteiger partial charge in [0.15, 0.2) is 11.5 Å². The lowest BCUT2D eigenvalue weighted by Crippen LogP contribution is -2.48. The molecule has 0 spiro atoms. The van der Waals surface area contributed by atoms with Crippen LogP contribution in [-0.4, -0.2) is 53.2 Å². The number of hydrogen-bond donors (Lipinski definition) is 0. The van der Waals surface area contributed by atoms with Gasteiger partial charge in [0.25, 0.3) is 0 Å². The van der Waals surface area contributed by atoms with E-state index in [2.05, 4.69) is 90.3 Å².